The molecule has 0 bridgehead atoms. The third-order valence-electron chi connectivity index (χ3n) is 2.54. The van der Waals surface area contributed by atoms with E-state index in [1.807, 2.05) is 0 Å². The smallest absolute Gasteiger partial charge is 0.0300 e. The number of aryl methyl sites for hydroxylation is 2. The minimum absolute atomic E-state index is 0.270. The van der Waals surface area contributed by atoms with E-state index in [1.165, 1.54) is 21.2 Å². The molecule has 1 aromatic rings. The zero-order valence-electron chi connectivity index (χ0n) is 7.10. The molecule has 1 aromatic carbocycles. The highest BCUT2D eigenvalue weighted by Gasteiger charge is 2.19. The summed E-state index contributed by atoms with van der Waals surface area (Å²) < 4.78 is 1.20. The second kappa shape index (κ2) is 2.86. The number of hydrogen-bond acceptors (Lipinski definition) is 1. The van der Waals surface area contributed by atoms with Crippen LogP contribution in [-0.4, -0.2) is 0 Å². The first kappa shape index (κ1) is 8.27. The summed E-state index contributed by atoms with van der Waals surface area (Å²) in [6, 6.07) is 4.68. The molecule has 1 atom stereocenters. The third kappa shape index (κ3) is 1.19. The van der Waals surface area contributed by atoms with Crippen LogP contribution in [0.1, 0.15) is 29.2 Å². The van der Waals surface area contributed by atoms with Crippen LogP contribution < -0.4 is 5.73 Å². The molecule has 0 aromatic heterocycles. The molecule has 0 fully saturated rings. The first-order chi connectivity index (χ1) is 5.68. The summed E-state index contributed by atoms with van der Waals surface area (Å²) in [5.74, 6) is 0. The molecule has 0 heterocycles. The Morgan fingerprint density at radius 3 is 3.00 bits per heavy atom. The topological polar surface area (TPSA) is 26.0 Å². The lowest BCUT2D eigenvalue weighted by molar-refractivity contribution is 0.713. The van der Waals surface area contributed by atoms with Crippen molar-refractivity contribution in [2.75, 3.05) is 0 Å². The molecule has 64 valence electrons. The third-order valence-corrected chi connectivity index (χ3v) is 3.40. The van der Waals surface area contributed by atoms with Gasteiger partial charge in [-0.1, -0.05) is 22.0 Å². The fraction of sp³-hybridized carbons (Fsp3) is 0.400. The molecule has 0 unspecified atom stereocenters. The highest BCUT2D eigenvalue weighted by atomic mass is 79.9. The number of rotatable bonds is 0. The van der Waals surface area contributed by atoms with Crippen LogP contribution in [0.15, 0.2) is 16.6 Å². The summed E-state index contributed by atoms with van der Waals surface area (Å²) in [5.41, 5.74) is 9.99. The van der Waals surface area contributed by atoms with Gasteiger partial charge in [0.25, 0.3) is 0 Å². The van der Waals surface area contributed by atoms with E-state index in [1.54, 1.807) is 0 Å². The van der Waals surface area contributed by atoms with Gasteiger partial charge in [-0.15, -0.1) is 0 Å². The maximum atomic E-state index is 5.95. The van der Waals surface area contributed by atoms with Gasteiger partial charge in [0.05, 0.1) is 0 Å². The van der Waals surface area contributed by atoms with Gasteiger partial charge in [-0.3, -0.25) is 0 Å². The summed E-state index contributed by atoms with van der Waals surface area (Å²) in [6.07, 6.45) is 2.24. The molecule has 0 amide bonds. The molecule has 2 rings (SSSR count). The number of halogens is 1. The minimum atomic E-state index is 0.270. The minimum Gasteiger partial charge on any atom is -0.324 e. The Bertz CT molecular complexity index is 320. The lowest BCUT2D eigenvalue weighted by atomic mass is 10.1. The van der Waals surface area contributed by atoms with Gasteiger partial charge in [0.1, 0.15) is 0 Å². The van der Waals surface area contributed by atoms with Crippen molar-refractivity contribution < 1.29 is 0 Å². The van der Waals surface area contributed by atoms with E-state index >= 15 is 0 Å². The number of benzene rings is 1. The van der Waals surface area contributed by atoms with Crippen molar-refractivity contribution in [2.45, 2.75) is 25.8 Å². The normalized spacial score (nSPS) is 21.1. The lowest BCUT2D eigenvalue weighted by Crippen LogP contribution is -2.05. The largest absolute Gasteiger partial charge is 0.324 e. The fourth-order valence-electron chi connectivity index (χ4n) is 1.77. The Kier molecular flexibility index (Phi) is 1.97. The van der Waals surface area contributed by atoms with Crippen LogP contribution in [0.5, 0.6) is 0 Å². The van der Waals surface area contributed by atoms with Crippen LogP contribution in [-0.2, 0) is 6.42 Å². The molecule has 0 saturated carbocycles. The second-order valence-corrected chi connectivity index (χ2v) is 4.30. The standard InChI is InChI=1S/C10H12BrN/c1-6-4-8-7(5-9(6)11)2-3-10(8)12/h4-5,10H,2-3,12H2,1H3/t10-/m0/s1. The number of fused-ring (bicyclic) bond motifs is 1. The van der Waals surface area contributed by atoms with Crippen molar-refractivity contribution >= 4 is 15.9 Å². The van der Waals surface area contributed by atoms with E-state index in [2.05, 4.69) is 35.0 Å². The SMILES string of the molecule is Cc1cc2c(cc1Br)CC[C@@H]2N. The number of nitrogens with two attached hydrogens (primary N) is 1. The molecular weight excluding hydrogens is 214 g/mol. The molecule has 1 nitrogen and oxygen atoms in total. The van der Waals surface area contributed by atoms with Gasteiger partial charge >= 0.3 is 0 Å². The van der Waals surface area contributed by atoms with Gasteiger partial charge in [0.15, 0.2) is 0 Å². The van der Waals surface area contributed by atoms with Gasteiger partial charge in [0, 0.05) is 10.5 Å². The fourth-order valence-corrected chi connectivity index (χ4v) is 2.16. The molecule has 2 heteroatoms. The zero-order valence-corrected chi connectivity index (χ0v) is 8.69. The average Bonchev–Trinajstić information content (AvgIpc) is 2.35. The van der Waals surface area contributed by atoms with E-state index < -0.39 is 0 Å². The number of hydrogen-bond donors (Lipinski definition) is 1. The summed E-state index contributed by atoms with van der Waals surface area (Å²) >= 11 is 3.53. The highest BCUT2D eigenvalue weighted by Crippen LogP contribution is 2.32. The van der Waals surface area contributed by atoms with Crippen LogP contribution in [0, 0.1) is 6.92 Å². The molecule has 12 heavy (non-hydrogen) atoms. The van der Waals surface area contributed by atoms with Crippen LogP contribution in [0.25, 0.3) is 0 Å². The van der Waals surface area contributed by atoms with Crippen LogP contribution >= 0.6 is 15.9 Å². The molecule has 0 radical (unpaired) electrons. The molecule has 0 saturated heterocycles. The van der Waals surface area contributed by atoms with Gasteiger partial charge in [-0.05, 0) is 42.5 Å². The Labute approximate surface area is 81.1 Å². The van der Waals surface area contributed by atoms with Gasteiger partial charge in [-0.2, -0.15) is 0 Å². The highest BCUT2D eigenvalue weighted by molar-refractivity contribution is 9.10. The molecule has 0 aliphatic heterocycles. The van der Waals surface area contributed by atoms with E-state index in [0.29, 0.717) is 0 Å². The van der Waals surface area contributed by atoms with E-state index in [0.717, 1.165) is 12.8 Å². The molecule has 2 N–H and O–H groups in total. The van der Waals surface area contributed by atoms with Crippen molar-refractivity contribution in [1.82, 2.24) is 0 Å². The predicted octanol–water partition coefficient (Wildman–Crippen LogP) is 2.70. The van der Waals surface area contributed by atoms with E-state index in [-0.39, 0.29) is 6.04 Å². The molecule has 1 aliphatic carbocycles. The Morgan fingerprint density at radius 1 is 1.50 bits per heavy atom. The molecular formula is C10H12BrN. The summed E-state index contributed by atoms with van der Waals surface area (Å²) in [4.78, 5) is 0. The summed E-state index contributed by atoms with van der Waals surface area (Å²) in [7, 11) is 0. The van der Waals surface area contributed by atoms with Gasteiger partial charge in [-0.25, -0.2) is 0 Å². The molecule has 0 spiro atoms. The Hall–Kier alpha value is -0.340. The van der Waals surface area contributed by atoms with Crippen molar-refractivity contribution in [3.05, 3.63) is 33.3 Å². The quantitative estimate of drug-likeness (QED) is 0.723. The van der Waals surface area contributed by atoms with Crippen molar-refractivity contribution in [2.24, 2.45) is 5.73 Å². The first-order valence-corrected chi connectivity index (χ1v) is 5.02. The maximum Gasteiger partial charge on any atom is 0.0300 e. The van der Waals surface area contributed by atoms with E-state index in [4.69, 9.17) is 5.73 Å². The first-order valence-electron chi connectivity index (χ1n) is 4.23. The van der Waals surface area contributed by atoms with Gasteiger partial charge in [0.2, 0.25) is 0 Å². The maximum absolute atomic E-state index is 5.95. The Morgan fingerprint density at radius 2 is 2.25 bits per heavy atom. The molecule has 1 aliphatic rings. The van der Waals surface area contributed by atoms with Crippen molar-refractivity contribution in [3.63, 3.8) is 0 Å². The average molecular weight is 226 g/mol. The second-order valence-electron chi connectivity index (χ2n) is 3.45. The zero-order chi connectivity index (χ0) is 8.72. The van der Waals surface area contributed by atoms with E-state index in [9.17, 15) is 0 Å². The lowest BCUT2D eigenvalue weighted by Gasteiger charge is -2.06. The Balaban J connectivity index is 2.56. The monoisotopic (exact) mass is 225 g/mol. The van der Waals surface area contributed by atoms with Crippen LogP contribution in [0.3, 0.4) is 0 Å². The van der Waals surface area contributed by atoms with Crippen LogP contribution in [0.4, 0.5) is 0 Å². The van der Waals surface area contributed by atoms with Crippen LogP contribution in [0.2, 0.25) is 0 Å². The van der Waals surface area contributed by atoms with Crippen molar-refractivity contribution in [1.29, 1.82) is 0 Å². The summed E-state index contributed by atoms with van der Waals surface area (Å²) in [5, 5.41) is 0. The van der Waals surface area contributed by atoms with Gasteiger partial charge < -0.3 is 5.73 Å². The van der Waals surface area contributed by atoms with Crippen molar-refractivity contribution in [3.8, 4) is 0 Å². The predicted molar refractivity (Wildman–Crippen MR) is 54.1 cm³/mol. The summed E-state index contributed by atoms with van der Waals surface area (Å²) in [6.45, 7) is 2.11.